The molecule has 0 aliphatic carbocycles. The lowest BCUT2D eigenvalue weighted by atomic mass is 10.2. The Balaban J connectivity index is -0.000000266. The van der Waals surface area contributed by atoms with Crippen molar-refractivity contribution in [2.24, 2.45) is 11.5 Å². The quantitative estimate of drug-likeness (QED) is 0.120. The van der Waals surface area contributed by atoms with Crippen LogP contribution in [-0.4, -0.2) is 163 Å². The minimum Gasteiger partial charge on any atom is -0.444 e. The normalized spacial score (nSPS) is 13.5. The lowest BCUT2D eigenvalue weighted by Gasteiger charge is -2.24. The van der Waals surface area contributed by atoms with Crippen LogP contribution in [0.25, 0.3) is 0 Å². The second-order valence-electron chi connectivity index (χ2n) is 13.7. The first-order valence-electron chi connectivity index (χ1n) is 15.1. The number of amides is 1. The number of hydrogen-bond acceptors (Lipinski definition) is 12. The van der Waals surface area contributed by atoms with Crippen molar-refractivity contribution in [2.75, 3.05) is 81.7 Å². The molecule has 1 amide bonds. The van der Waals surface area contributed by atoms with Gasteiger partial charge in [-0.2, -0.15) is 8.42 Å². The highest BCUT2D eigenvalue weighted by molar-refractivity contribution is 7.85. The summed E-state index contributed by atoms with van der Waals surface area (Å²) in [5, 5.41) is 20.1. The van der Waals surface area contributed by atoms with Gasteiger partial charge in [0.1, 0.15) is 5.60 Å². The lowest BCUT2D eigenvalue weighted by molar-refractivity contribution is 0.0472. The number of alkyl carbamates (subject to hydrolysis) is 1. The van der Waals surface area contributed by atoms with Gasteiger partial charge in [0.15, 0.2) is 8.32 Å². The summed E-state index contributed by atoms with van der Waals surface area (Å²) in [6, 6.07) is 5.74. The van der Waals surface area contributed by atoms with E-state index >= 15 is 0 Å². The van der Waals surface area contributed by atoms with Gasteiger partial charge >= 0.3 is 6.09 Å². The Morgan fingerprint density at radius 2 is 1.30 bits per heavy atom. The number of aliphatic hydroxyl groups excluding tert-OH is 2. The summed E-state index contributed by atoms with van der Waals surface area (Å²) in [5.74, 6) is 0. The molecule has 3 atom stereocenters. The van der Waals surface area contributed by atoms with Gasteiger partial charge < -0.3 is 56.3 Å². The predicted molar refractivity (Wildman–Crippen MR) is 193 cm³/mol. The lowest BCUT2D eigenvalue weighted by Crippen LogP contribution is -2.45. The topological polar surface area (TPSA) is 236 Å². The average molecular weight is 717 g/mol. The molecule has 1 aromatic carbocycles. The van der Waals surface area contributed by atoms with Crippen molar-refractivity contribution in [3.05, 3.63) is 29.8 Å². The summed E-state index contributed by atoms with van der Waals surface area (Å²) >= 11 is 0. The van der Waals surface area contributed by atoms with E-state index < -0.39 is 30.1 Å². The third-order valence-corrected chi connectivity index (χ3v) is 6.91. The monoisotopic (exact) mass is 716 g/mol. The Bertz CT molecular complexity index is 1020. The largest absolute Gasteiger partial charge is 0.444 e. The molecule has 0 radical (unpaired) electrons. The molecule has 47 heavy (non-hydrogen) atoms. The average Bonchev–Trinajstić information content (AvgIpc) is 2.85. The molecule has 0 spiro atoms. The van der Waals surface area contributed by atoms with Gasteiger partial charge in [-0.1, -0.05) is 17.7 Å². The van der Waals surface area contributed by atoms with Crippen LogP contribution in [0.3, 0.4) is 0 Å². The zero-order valence-electron chi connectivity index (χ0n) is 31.1. The van der Waals surface area contributed by atoms with Gasteiger partial charge in [0.25, 0.3) is 10.1 Å². The van der Waals surface area contributed by atoms with Crippen molar-refractivity contribution >= 4 is 24.5 Å². The Labute approximate surface area is 285 Å². The fraction of sp³-hybridized carbons (Fsp3) is 0.767. The molecule has 15 nitrogen and oxygen atoms in total. The van der Waals surface area contributed by atoms with Crippen LogP contribution in [0.1, 0.15) is 26.3 Å². The Morgan fingerprint density at radius 3 is 1.60 bits per heavy atom. The molecule has 1 rings (SSSR count). The molecule has 1 aromatic rings. The van der Waals surface area contributed by atoms with E-state index in [1.54, 1.807) is 32.9 Å². The van der Waals surface area contributed by atoms with Crippen LogP contribution in [-0.2, 0) is 19.3 Å². The van der Waals surface area contributed by atoms with Crippen LogP contribution < -0.4 is 16.8 Å². The summed E-state index contributed by atoms with van der Waals surface area (Å²) < 4.78 is 40.3. The van der Waals surface area contributed by atoms with Gasteiger partial charge in [0.2, 0.25) is 0 Å². The molecular formula is C30H68N6O9SSi. The maximum absolute atomic E-state index is 11.3. The number of likely N-dealkylation sites (N-methyl/N-ethyl adjacent to an activating group) is 3. The van der Waals surface area contributed by atoms with E-state index in [9.17, 15) is 13.2 Å². The molecule has 282 valence electrons. The first-order chi connectivity index (χ1) is 20.7. The molecule has 0 aromatic heterocycles. The van der Waals surface area contributed by atoms with Crippen LogP contribution in [0.15, 0.2) is 29.2 Å². The van der Waals surface area contributed by atoms with Gasteiger partial charge in [-0.25, -0.2) is 4.79 Å². The number of aryl methyl sites for hydroxylation is 1. The Hall–Kier alpha value is -1.74. The number of hydrogen-bond donors (Lipinski definition) is 6. The standard InChI is InChI=1S/C10H22N2O3.C8H22N2OSi.C7H8O3S.C5H14N2O.H2O/c1-10(2,3)15-9(14)11-8(7-13)6-12(4)5;1-10(2)6-8(9)7-11-12(3,4)5;1-6-2-4-7(5-3-6)11(8,9)10;1-7(2)3-5(6)4-8;/h8,13H,6-7H2,1-5H3,(H,11,14);8H,6-7,9H2,1-5H3;2-5H,1H3,(H,8,9,10);5,8H,3-4,6H2,1-2H3;1H2/t2*8-;;5-;/m11.1./s1. The fourth-order valence-electron chi connectivity index (χ4n) is 3.18. The van der Waals surface area contributed by atoms with Crippen LogP contribution in [0.2, 0.25) is 19.6 Å². The fourth-order valence-corrected chi connectivity index (χ4v) is 4.37. The first-order valence-corrected chi connectivity index (χ1v) is 19.9. The van der Waals surface area contributed by atoms with E-state index in [2.05, 4.69) is 29.9 Å². The van der Waals surface area contributed by atoms with Gasteiger partial charge in [0, 0.05) is 31.7 Å². The number of nitrogens with one attached hydrogen (secondary N) is 1. The molecule has 0 heterocycles. The number of nitrogens with zero attached hydrogens (tertiary/aromatic N) is 3. The molecule has 0 bridgehead atoms. The minimum atomic E-state index is -4.02. The van der Waals surface area contributed by atoms with Gasteiger partial charge in [-0.05, 0) is 102 Å². The number of nitrogens with two attached hydrogens (primary N) is 2. The number of carbonyl (C=O) groups is 1. The zero-order chi connectivity index (χ0) is 36.9. The van der Waals surface area contributed by atoms with Gasteiger partial charge in [0.05, 0.1) is 30.8 Å². The van der Waals surface area contributed by atoms with E-state index in [-0.39, 0.29) is 41.7 Å². The van der Waals surface area contributed by atoms with Crippen molar-refractivity contribution in [1.82, 2.24) is 20.0 Å². The molecular weight excluding hydrogens is 649 g/mol. The summed E-state index contributed by atoms with van der Waals surface area (Å²) in [6.07, 6.45) is -0.497. The van der Waals surface area contributed by atoms with Crippen LogP contribution in [0.4, 0.5) is 4.79 Å². The molecule has 0 unspecified atom stereocenters. The number of aliphatic hydroxyl groups is 2. The highest BCUT2D eigenvalue weighted by Crippen LogP contribution is 2.09. The number of rotatable bonds is 13. The van der Waals surface area contributed by atoms with Crippen LogP contribution in [0.5, 0.6) is 0 Å². The highest BCUT2D eigenvalue weighted by atomic mass is 32.2. The van der Waals surface area contributed by atoms with E-state index in [1.165, 1.54) is 12.1 Å². The van der Waals surface area contributed by atoms with Crippen molar-refractivity contribution in [3.63, 3.8) is 0 Å². The van der Waals surface area contributed by atoms with Gasteiger partial charge in [-0.15, -0.1) is 0 Å². The maximum Gasteiger partial charge on any atom is 0.407 e. The van der Waals surface area contributed by atoms with Crippen molar-refractivity contribution in [2.45, 2.75) is 76.0 Å². The van der Waals surface area contributed by atoms with E-state index in [0.29, 0.717) is 13.2 Å². The first kappa shape index (κ1) is 52.1. The van der Waals surface area contributed by atoms with Crippen molar-refractivity contribution in [1.29, 1.82) is 0 Å². The predicted octanol–water partition coefficient (Wildman–Crippen LogP) is 0.445. The minimum absolute atomic E-state index is 0. The summed E-state index contributed by atoms with van der Waals surface area (Å²) in [7, 11) is 6.26. The third kappa shape index (κ3) is 38.6. The van der Waals surface area contributed by atoms with Crippen LogP contribution in [0, 0.1) is 6.92 Å². The second-order valence-corrected chi connectivity index (χ2v) is 19.7. The van der Waals surface area contributed by atoms with Crippen molar-refractivity contribution in [3.8, 4) is 0 Å². The number of benzene rings is 1. The summed E-state index contributed by atoms with van der Waals surface area (Å²) in [5.41, 5.74) is 11.7. The number of carbonyl (C=O) groups excluding carboxylic acids is 1. The van der Waals surface area contributed by atoms with Gasteiger partial charge in [-0.3, -0.25) is 4.55 Å². The second kappa shape index (κ2) is 26.2. The molecule has 0 fully saturated rings. The molecule has 0 saturated carbocycles. The summed E-state index contributed by atoms with van der Waals surface area (Å²) in [4.78, 5) is 17.2. The molecule has 0 aliphatic rings. The zero-order valence-corrected chi connectivity index (χ0v) is 32.9. The van der Waals surface area contributed by atoms with E-state index in [0.717, 1.165) is 18.7 Å². The molecule has 17 heteroatoms. The molecule has 0 saturated heterocycles. The highest BCUT2D eigenvalue weighted by Gasteiger charge is 2.19. The number of ether oxygens (including phenoxy) is 1. The third-order valence-electron chi connectivity index (χ3n) is 5.01. The Kier molecular flexibility index (Phi) is 29.0. The SMILES string of the molecule is CN(C)C[C@@H](N)CO.CN(C)C[C@@H](N)CO[Si](C)(C)C.CN(C)C[C@H](CO)NC(=O)OC(C)(C)C.Cc1ccc(S(=O)(=O)O)cc1.O. The van der Waals surface area contributed by atoms with Crippen LogP contribution >= 0.6 is 0 Å². The van der Waals surface area contributed by atoms with E-state index in [4.69, 9.17) is 35.4 Å². The maximum atomic E-state index is 11.3. The molecule has 0 aliphatic heterocycles. The molecule has 10 N–H and O–H groups in total. The van der Waals surface area contributed by atoms with E-state index in [1.807, 2.05) is 59.0 Å². The summed E-state index contributed by atoms with van der Waals surface area (Å²) in [6.45, 7) is 16.6. The smallest absolute Gasteiger partial charge is 0.407 e. The van der Waals surface area contributed by atoms with Crippen molar-refractivity contribution < 1.29 is 42.6 Å². The Morgan fingerprint density at radius 1 is 0.872 bits per heavy atom.